The molecule has 0 radical (unpaired) electrons. The van der Waals surface area contributed by atoms with Gasteiger partial charge in [0, 0.05) is 38.0 Å². The summed E-state index contributed by atoms with van der Waals surface area (Å²) in [6, 6.07) is 0.574. The van der Waals surface area contributed by atoms with Crippen LogP contribution in [-0.2, 0) is 6.42 Å². The van der Waals surface area contributed by atoms with E-state index in [1.807, 2.05) is 7.05 Å². The van der Waals surface area contributed by atoms with Crippen LogP contribution in [0.2, 0.25) is 0 Å². The topological polar surface area (TPSA) is 52.6 Å². The molecule has 1 aromatic heterocycles. The van der Waals surface area contributed by atoms with Crippen LogP contribution in [0, 0.1) is 12.8 Å². The molecule has 0 aliphatic heterocycles. The second-order valence-electron chi connectivity index (χ2n) is 6.92. The molecular formula is C18H33N5S. The number of aromatic nitrogens is 1. The number of thiazole rings is 1. The summed E-state index contributed by atoms with van der Waals surface area (Å²) in [5.41, 5.74) is 1.16. The van der Waals surface area contributed by atoms with E-state index in [-0.39, 0.29) is 0 Å². The third-order valence-electron chi connectivity index (χ3n) is 4.90. The molecule has 0 aromatic carbocycles. The Balaban J connectivity index is 1.76. The summed E-state index contributed by atoms with van der Waals surface area (Å²) in [6.45, 7) is 3.86. The summed E-state index contributed by atoms with van der Waals surface area (Å²) in [7, 11) is 6.23. The molecule has 5 nitrogen and oxygen atoms in total. The number of guanidine groups is 1. The Morgan fingerprint density at radius 3 is 2.67 bits per heavy atom. The first-order chi connectivity index (χ1) is 11.6. The van der Waals surface area contributed by atoms with Crippen LogP contribution in [0.1, 0.15) is 42.8 Å². The Kier molecular flexibility index (Phi) is 7.99. The van der Waals surface area contributed by atoms with Crippen molar-refractivity contribution in [1.82, 2.24) is 20.5 Å². The molecule has 24 heavy (non-hydrogen) atoms. The molecule has 1 aromatic rings. The molecule has 0 amide bonds. The van der Waals surface area contributed by atoms with Crippen molar-refractivity contribution in [3.8, 4) is 0 Å². The molecule has 136 valence electrons. The van der Waals surface area contributed by atoms with Crippen molar-refractivity contribution >= 4 is 17.3 Å². The van der Waals surface area contributed by atoms with E-state index in [0.717, 1.165) is 42.1 Å². The van der Waals surface area contributed by atoms with Gasteiger partial charge in [-0.2, -0.15) is 0 Å². The van der Waals surface area contributed by atoms with Gasteiger partial charge in [0.05, 0.1) is 10.7 Å². The number of hydrogen-bond acceptors (Lipinski definition) is 4. The molecule has 1 heterocycles. The number of likely N-dealkylation sites (N-methyl/N-ethyl adjacent to an activating group) is 1. The lowest BCUT2D eigenvalue weighted by atomic mass is 9.83. The maximum absolute atomic E-state index is 4.50. The number of aryl methyl sites for hydroxylation is 1. The maximum Gasteiger partial charge on any atom is 0.191 e. The summed E-state index contributed by atoms with van der Waals surface area (Å²) in [6.07, 6.45) is 7.83. The molecule has 0 spiro atoms. The smallest absolute Gasteiger partial charge is 0.191 e. The first kappa shape index (κ1) is 19.2. The van der Waals surface area contributed by atoms with E-state index in [4.69, 9.17) is 0 Å². The van der Waals surface area contributed by atoms with E-state index in [1.165, 1.54) is 32.1 Å². The van der Waals surface area contributed by atoms with Gasteiger partial charge in [-0.05, 0) is 39.8 Å². The maximum atomic E-state index is 4.50. The van der Waals surface area contributed by atoms with Gasteiger partial charge in [-0.25, -0.2) is 4.98 Å². The summed E-state index contributed by atoms with van der Waals surface area (Å²) in [4.78, 5) is 11.2. The molecule has 1 atom stereocenters. The SMILES string of the molecule is CN=C(NCCc1csc(C)n1)NCC(C1CCCCC1)N(C)C. The van der Waals surface area contributed by atoms with E-state index in [0.29, 0.717) is 6.04 Å². The van der Waals surface area contributed by atoms with Gasteiger partial charge in [0.1, 0.15) is 0 Å². The number of hydrogen-bond donors (Lipinski definition) is 2. The van der Waals surface area contributed by atoms with Gasteiger partial charge >= 0.3 is 0 Å². The molecule has 0 bridgehead atoms. The third kappa shape index (κ3) is 6.06. The monoisotopic (exact) mass is 351 g/mol. The highest BCUT2D eigenvalue weighted by molar-refractivity contribution is 7.09. The Morgan fingerprint density at radius 1 is 1.33 bits per heavy atom. The van der Waals surface area contributed by atoms with Crippen LogP contribution in [0.5, 0.6) is 0 Å². The van der Waals surface area contributed by atoms with Gasteiger partial charge in [-0.3, -0.25) is 4.99 Å². The minimum Gasteiger partial charge on any atom is -0.356 e. The van der Waals surface area contributed by atoms with Crippen molar-refractivity contribution < 1.29 is 0 Å². The van der Waals surface area contributed by atoms with Crippen LogP contribution in [0.25, 0.3) is 0 Å². The molecule has 1 unspecified atom stereocenters. The Morgan fingerprint density at radius 2 is 2.08 bits per heavy atom. The van der Waals surface area contributed by atoms with Gasteiger partial charge < -0.3 is 15.5 Å². The summed E-state index contributed by atoms with van der Waals surface area (Å²) < 4.78 is 0. The van der Waals surface area contributed by atoms with Crippen LogP contribution in [0.15, 0.2) is 10.4 Å². The predicted octanol–water partition coefficient (Wildman–Crippen LogP) is 2.67. The van der Waals surface area contributed by atoms with Crippen molar-refractivity contribution in [3.63, 3.8) is 0 Å². The molecule has 1 aliphatic carbocycles. The zero-order chi connectivity index (χ0) is 17.4. The first-order valence-electron chi connectivity index (χ1n) is 9.12. The molecule has 6 heteroatoms. The van der Waals surface area contributed by atoms with E-state index in [2.05, 4.69) is 51.9 Å². The highest BCUT2D eigenvalue weighted by Crippen LogP contribution is 2.28. The number of aliphatic imine (C=N–C) groups is 1. The van der Waals surface area contributed by atoms with Gasteiger partial charge in [-0.1, -0.05) is 19.3 Å². The average molecular weight is 352 g/mol. The highest BCUT2D eigenvalue weighted by Gasteiger charge is 2.25. The second-order valence-corrected chi connectivity index (χ2v) is 7.98. The van der Waals surface area contributed by atoms with Gasteiger partial charge in [0.15, 0.2) is 5.96 Å². The molecule has 1 aliphatic rings. The van der Waals surface area contributed by atoms with E-state index in [9.17, 15) is 0 Å². The van der Waals surface area contributed by atoms with Crippen molar-refractivity contribution in [1.29, 1.82) is 0 Å². The molecule has 1 saturated carbocycles. The molecule has 2 rings (SSSR count). The molecule has 1 fully saturated rings. The zero-order valence-corrected chi connectivity index (χ0v) is 16.5. The zero-order valence-electron chi connectivity index (χ0n) is 15.6. The summed E-state index contributed by atoms with van der Waals surface area (Å²) >= 11 is 1.71. The van der Waals surface area contributed by atoms with Crippen molar-refractivity contribution in [2.24, 2.45) is 10.9 Å². The minimum absolute atomic E-state index is 0.574. The van der Waals surface area contributed by atoms with Gasteiger partial charge in [0.2, 0.25) is 0 Å². The Hall–Kier alpha value is -1.14. The van der Waals surface area contributed by atoms with Gasteiger partial charge in [0.25, 0.3) is 0 Å². The van der Waals surface area contributed by atoms with Crippen molar-refractivity contribution in [3.05, 3.63) is 16.1 Å². The van der Waals surface area contributed by atoms with E-state index in [1.54, 1.807) is 11.3 Å². The Labute approximate surface area is 151 Å². The summed E-state index contributed by atoms with van der Waals surface area (Å²) in [5.74, 6) is 1.70. The second kappa shape index (κ2) is 9.99. The van der Waals surface area contributed by atoms with Crippen LogP contribution >= 0.6 is 11.3 Å². The van der Waals surface area contributed by atoms with Crippen molar-refractivity contribution in [2.45, 2.75) is 51.5 Å². The lowest BCUT2D eigenvalue weighted by molar-refractivity contribution is 0.171. The quantitative estimate of drug-likeness (QED) is 0.586. The normalized spacial score (nSPS) is 18.0. The number of rotatable bonds is 7. The standard InChI is InChI=1S/C18H33N5S/c1-14-22-16(13-24-14)10-11-20-18(19-2)21-12-17(23(3)4)15-8-6-5-7-9-15/h13,15,17H,5-12H2,1-4H3,(H2,19,20,21). The van der Waals surface area contributed by atoms with Crippen LogP contribution in [0.4, 0.5) is 0 Å². The van der Waals surface area contributed by atoms with Crippen LogP contribution in [-0.4, -0.2) is 56.1 Å². The predicted molar refractivity (Wildman–Crippen MR) is 104 cm³/mol. The lowest BCUT2D eigenvalue weighted by Gasteiger charge is -2.35. The fraction of sp³-hybridized carbons (Fsp3) is 0.778. The van der Waals surface area contributed by atoms with E-state index < -0.39 is 0 Å². The first-order valence-corrected chi connectivity index (χ1v) is 10.00. The molecule has 2 N–H and O–H groups in total. The minimum atomic E-state index is 0.574. The number of nitrogens with one attached hydrogen (secondary N) is 2. The largest absolute Gasteiger partial charge is 0.356 e. The molecular weight excluding hydrogens is 318 g/mol. The Bertz CT molecular complexity index is 505. The molecule has 0 saturated heterocycles. The fourth-order valence-corrected chi connectivity index (χ4v) is 4.19. The third-order valence-corrected chi connectivity index (χ3v) is 5.72. The summed E-state index contributed by atoms with van der Waals surface area (Å²) in [5, 5.41) is 10.2. The van der Waals surface area contributed by atoms with Crippen molar-refractivity contribution in [2.75, 3.05) is 34.2 Å². The fourth-order valence-electron chi connectivity index (χ4n) is 3.54. The number of nitrogens with zero attached hydrogens (tertiary/aromatic N) is 3. The van der Waals surface area contributed by atoms with Gasteiger partial charge in [-0.15, -0.1) is 11.3 Å². The lowest BCUT2D eigenvalue weighted by Crippen LogP contribution is -2.48. The average Bonchev–Trinajstić information content (AvgIpc) is 2.99. The van der Waals surface area contributed by atoms with Crippen LogP contribution < -0.4 is 10.6 Å². The van der Waals surface area contributed by atoms with E-state index >= 15 is 0 Å². The van der Waals surface area contributed by atoms with Crippen LogP contribution in [0.3, 0.4) is 0 Å². The highest BCUT2D eigenvalue weighted by atomic mass is 32.1.